The van der Waals surface area contributed by atoms with E-state index >= 15 is 0 Å². The molecule has 0 N–H and O–H groups in total. The number of aliphatic imine (C=N–C) groups is 1. The molecule has 198 valence electrons. The number of amidine groups is 1. The van der Waals surface area contributed by atoms with Gasteiger partial charge < -0.3 is 9.47 Å². The first-order valence-corrected chi connectivity index (χ1v) is 15.0. The summed E-state index contributed by atoms with van der Waals surface area (Å²) in [6.45, 7) is 7.65. The molecule has 0 spiro atoms. The lowest BCUT2D eigenvalue weighted by atomic mass is 10.1. The van der Waals surface area contributed by atoms with Crippen LogP contribution >= 0.6 is 43.6 Å². The number of carbonyl (C=O) groups excluding carboxylic acids is 1. The number of carbonyl (C=O) groups is 1. The van der Waals surface area contributed by atoms with Crippen LogP contribution in [-0.2, 0) is 11.4 Å². The molecule has 0 unspecified atom stereocenters. The first kappa shape index (κ1) is 28.5. The van der Waals surface area contributed by atoms with Gasteiger partial charge in [-0.25, -0.2) is 4.99 Å². The molecular formula is C30H30Br2N2O3S. The number of rotatable bonds is 10. The second-order valence-corrected chi connectivity index (χ2v) is 11.6. The summed E-state index contributed by atoms with van der Waals surface area (Å²) in [4.78, 5) is 20.6. The molecule has 0 aliphatic carbocycles. The molecular weight excluding hydrogens is 628 g/mol. The molecule has 0 bridgehead atoms. The van der Waals surface area contributed by atoms with E-state index in [0.717, 1.165) is 38.6 Å². The summed E-state index contributed by atoms with van der Waals surface area (Å²) in [7, 11) is 0. The van der Waals surface area contributed by atoms with Crippen molar-refractivity contribution in [2.75, 3.05) is 13.2 Å². The molecule has 0 radical (unpaired) electrons. The smallest absolute Gasteiger partial charge is 0.266 e. The summed E-state index contributed by atoms with van der Waals surface area (Å²) >= 11 is 8.53. The highest BCUT2D eigenvalue weighted by Gasteiger charge is 2.33. The van der Waals surface area contributed by atoms with Crippen LogP contribution in [0.4, 0.5) is 5.69 Å². The number of benzene rings is 3. The van der Waals surface area contributed by atoms with Gasteiger partial charge in [0.25, 0.3) is 5.91 Å². The maximum atomic E-state index is 13.4. The number of amides is 1. The Hall–Kier alpha value is -2.55. The van der Waals surface area contributed by atoms with Gasteiger partial charge in [0, 0.05) is 11.0 Å². The lowest BCUT2D eigenvalue weighted by Gasteiger charge is -2.15. The number of ether oxygens (including phenoxy) is 2. The molecule has 3 aromatic carbocycles. The van der Waals surface area contributed by atoms with E-state index in [4.69, 9.17) is 14.5 Å². The zero-order valence-corrected chi connectivity index (χ0v) is 25.7. The van der Waals surface area contributed by atoms with Crippen molar-refractivity contribution < 1.29 is 14.3 Å². The van der Waals surface area contributed by atoms with Crippen molar-refractivity contribution in [3.05, 3.63) is 91.2 Å². The van der Waals surface area contributed by atoms with Crippen molar-refractivity contribution in [3.8, 4) is 11.5 Å². The van der Waals surface area contributed by atoms with Gasteiger partial charge in [0.1, 0.15) is 6.61 Å². The van der Waals surface area contributed by atoms with Crippen molar-refractivity contribution in [2.24, 2.45) is 4.99 Å². The number of unbranched alkanes of at least 4 members (excludes halogenated alkanes) is 1. The SMILES string of the molecule is CCCCN1C(=O)/C(=C\c2cc(Br)c(OCc3ccc(Br)cc3)c(OCC)c2)SC1=Nc1ccc(C)cc1. The number of nitrogens with zero attached hydrogens (tertiary/aromatic N) is 2. The van der Waals surface area contributed by atoms with Crippen LogP contribution in [0.5, 0.6) is 11.5 Å². The Labute approximate surface area is 245 Å². The number of aryl methyl sites for hydroxylation is 1. The minimum Gasteiger partial charge on any atom is -0.490 e. The minimum absolute atomic E-state index is 0.0287. The fourth-order valence-corrected chi connectivity index (χ4v) is 5.66. The van der Waals surface area contributed by atoms with E-state index in [1.807, 2.05) is 80.6 Å². The van der Waals surface area contributed by atoms with Gasteiger partial charge in [-0.15, -0.1) is 0 Å². The molecule has 0 saturated carbocycles. The molecule has 1 saturated heterocycles. The number of thioether (sulfide) groups is 1. The Morgan fingerprint density at radius 3 is 2.42 bits per heavy atom. The van der Waals surface area contributed by atoms with Crippen LogP contribution in [0.1, 0.15) is 43.4 Å². The fourth-order valence-electron chi connectivity index (χ4n) is 3.80. The van der Waals surface area contributed by atoms with Gasteiger partial charge in [0.15, 0.2) is 16.7 Å². The minimum atomic E-state index is -0.0287. The molecule has 1 heterocycles. The van der Waals surface area contributed by atoms with Crippen LogP contribution in [0.15, 0.2) is 79.5 Å². The third-order valence-electron chi connectivity index (χ3n) is 5.81. The highest BCUT2D eigenvalue weighted by Crippen LogP contribution is 2.40. The normalized spacial score (nSPS) is 15.5. The van der Waals surface area contributed by atoms with E-state index < -0.39 is 0 Å². The molecule has 1 aliphatic rings. The van der Waals surface area contributed by atoms with Gasteiger partial charge in [0.05, 0.1) is 21.7 Å². The number of halogens is 2. The van der Waals surface area contributed by atoms with Crippen molar-refractivity contribution >= 4 is 66.5 Å². The average Bonchev–Trinajstić information content (AvgIpc) is 3.18. The van der Waals surface area contributed by atoms with Gasteiger partial charge in [-0.1, -0.05) is 59.1 Å². The monoisotopic (exact) mass is 656 g/mol. The Kier molecular flexibility index (Phi) is 10.1. The van der Waals surface area contributed by atoms with Crippen molar-refractivity contribution in [1.82, 2.24) is 4.90 Å². The van der Waals surface area contributed by atoms with Crippen molar-refractivity contribution in [3.63, 3.8) is 0 Å². The van der Waals surface area contributed by atoms with Gasteiger partial charge in [0.2, 0.25) is 0 Å². The van der Waals surface area contributed by atoms with Crippen LogP contribution < -0.4 is 9.47 Å². The van der Waals surface area contributed by atoms with Gasteiger partial charge >= 0.3 is 0 Å². The van der Waals surface area contributed by atoms with E-state index in [0.29, 0.717) is 41.3 Å². The summed E-state index contributed by atoms with van der Waals surface area (Å²) in [5, 5.41) is 0.706. The van der Waals surface area contributed by atoms with Crippen LogP contribution in [0.25, 0.3) is 6.08 Å². The molecule has 5 nitrogen and oxygen atoms in total. The fraction of sp³-hybridized carbons (Fsp3) is 0.267. The lowest BCUT2D eigenvalue weighted by Crippen LogP contribution is -2.30. The molecule has 8 heteroatoms. The first-order valence-electron chi connectivity index (χ1n) is 12.6. The summed E-state index contributed by atoms with van der Waals surface area (Å²) in [5.41, 5.74) is 3.91. The zero-order chi connectivity index (χ0) is 27.1. The average molecular weight is 658 g/mol. The van der Waals surface area contributed by atoms with Crippen LogP contribution in [0, 0.1) is 6.92 Å². The molecule has 1 amide bonds. The Balaban J connectivity index is 1.61. The van der Waals surface area contributed by atoms with Crippen molar-refractivity contribution in [2.45, 2.75) is 40.2 Å². The summed E-state index contributed by atoms with van der Waals surface area (Å²) < 4.78 is 13.8. The molecule has 1 fully saturated rings. The molecule has 0 aromatic heterocycles. The zero-order valence-electron chi connectivity index (χ0n) is 21.7. The van der Waals surface area contributed by atoms with E-state index in [1.165, 1.54) is 17.3 Å². The molecule has 0 atom stereocenters. The summed E-state index contributed by atoms with van der Waals surface area (Å²) in [6.07, 6.45) is 3.81. The Morgan fingerprint density at radius 1 is 1.00 bits per heavy atom. The highest BCUT2D eigenvalue weighted by molar-refractivity contribution is 9.10. The predicted octanol–water partition coefficient (Wildman–Crippen LogP) is 8.90. The molecule has 1 aliphatic heterocycles. The summed E-state index contributed by atoms with van der Waals surface area (Å²) in [6, 6.07) is 19.9. The van der Waals surface area contributed by atoms with Crippen LogP contribution in [-0.4, -0.2) is 29.1 Å². The van der Waals surface area contributed by atoms with E-state index in [9.17, 15) is 4.79 Å². The molecule has 3 aromatic rings. The summed E-state index contributed by atoms with van der Waals surface area (Å²) in [5.74, 6) is 1.23. The lowest BCUT2D eigenvalue weighted by molar-refractivity contribution is -0.122. The van der Waals surface area contributed by atoms with Gasteiger partial charge in [-0.05, 0) is 102 Å². The topological polar surface area (TPSA) is 51.1 Å². The van der Waals surface area contributed by atoms with Gasteiger partial charge in [-0.3, -0.25) is 9.69 Å². The largest absolute Gasteiger partial charge is 0.490 e. The van der Waals surface area contributed by atoms with E-state index in [2.05, 4.69) is 38.8 Å². The maximum absolute atomic E-state index is 13.4. The van der Waals surface area contributed by atoms with E-state index in [1.54, 1.807) is 4.90 Å². The molecule has 38 heavy (non-hydrogen) atoms. The number of hydrogen-bond donors (Lipinski definition) is 0. The Bertz CT molecular complexity index is 1340. The van der Waals surface area contributed by atoms with Crippen LogP contribution in [0.3, 0.4) is 0 Å². The second-order valence-electron chi connectivity index (χ2n) is 8.83. The van der Waals surface area contributed by atoms with E-state index in [-0.39, 0.29) is 5.91 Å². The predicted molar refractivity (Wildman–Crippen MR) is 164 cm³/mol. The van der Waals surface area contributed by atoms with Gasteiger partial charge in [-0.2, -0.15) is 0 Å². The van der Waals surface area contributed by atoms with Crippen LogP contribution in [0.2, 0.25) is 0 Å². The third kappa shape index (κ3) is 7.30. The second kappa shape index (κ2) is 13.5. The quantitative estimate of drug-likeness (QED) is 0.204. The Morgan fingerprint density at radius 2 is 1.74 bits per heavy atom. The third-order valence-corrected chi connectivity index (χ3v) is 7.93. The standard InChI is InChI=1S/C30H30Br2N2O3S/c1-4-6-15-34-29(35)27(38-30(34)33-24-13-7-20(3)8-14-24)18-22-16-25(32)28(26(17-22)36-5-2)37-19-21-9-11-23(31)12-10-21/h7-14,16-18H,4-6,15,19H2,1-3H3/b27-18+,33-30?. The highest BCUT2D eigenvalue weighted by atomic mass is 79.9. The first-order chi connectivity index (χ1) is 18.4. The number of hydrogen-bond acceptors (Lipinski definition) is 5. The van der Waals surface area contributed by atoms with Crippen molar-refractivity contribution in [1.29, 1.82) is 0 Å². The molecule has 4 rings (SSSR count). The maximum Gasteiger partial charge on any atom is 0.266 e.